The van der Waals surface area contributed by atoms with Crippen molar-refractivity contribution >= 4 is 15.9 Å². The Morgan fingerprint density at radius 2 is 2.09 bits per heavy atom. The second-order valence-electron chi connectivity index (χ2n) is 2.76. The van der Waals surface area contributed by atoms with Crippen LogP contribution in [-0.2, 0) is 0 Å². The van der Waals surface area contributed by atoms with Gasteiger partial charge in [-0.1, -0.05) is 28.1 Å². The Morgan fingerprint density at radius 3 is 2.45 bits per heavy atom. The molecule has 0 bridgehead atoms. The molecular weight excluding hydrogens is 202 g/mol. The number of rotatable bonds is 1. The van der Waals surface area contributed by atoms with Gasteiger partial charge in [-0.05, 0) is 31.0 Å². The third kappa shape index (κ3) is 1.82. The van der Waals surface area contributed by atoms with Crippen LogP contribution in [0.5, 0.6) is 0 Å². The van der Waals surface area contributed by atoms with E-state index in [9.17, 15) is 0 Å². The van der Waals surface area contributed by atoms with Gasteiger partial charge < -0.3 is 5.73 Å². The average Bonchev–Trinajstić information content (AvgIpc) is 1.85. The molecule has 0 aliphatic carbocycles. The number of hydrogen-bond donors (Lipinski definition) is 1. The fourth-order valence-corrected chi connectivity index (χ4v) is 2.05. The van der Waals surface area contributed by atoms with Crippen molar-refractivity contribution in [1.82, 2.24) is 0 Å². The molecule has 1 aromatic carbocycles. The van der Waals surface area contributed by atoms with Crippen LogP contribution in [0.1, 0.15) is 24.1 Å². The molecule has 0 spiro atoms. The van der Waals surface area contributed by atoms with Crippen molar-refractivity contribution in [2.24, 2.45) is 5.73 Å². The lowest BCUT2D eigenvalue weighted by Gasteiger charge is -2.11. The standard InChI is InChI=1S/C9H12BrN/c1-6-4-3-5-8(10)9(6)7(2)11/h3-5,7H,11H2,1-2H3/t7-/m0/s1. The number of nitrogens with two attached hydrogens (primary N) is 1. The molecule has 2 N–H and O–H groups in total. The number of aryl methyl sites for hydroxylation is 1. The van der Waals surface area contributed by atoms with Crippen molar-refractivity contribution in [3.63, 3.8) is 0 Å². The minimum Gasteiger partial charge on any atom is -0.324 e. The summed E-state index contributed by atoms with van der Waals surface area (Å²) >= 11 is 3.47. The van der Waals surface area contributed by atoms with Gasteiger partial charge in [-0.3, -0.25) is 0 Å². The molecule has 0 heterocycles. The summed E-state index contributed by atoms with van der Waals surface area (Å²) in [5.41, 5.74) is 8.23. The zero-order valence-corrected chi connectivity index (χ0v) is 8.35. The first-order valence-electron chi connectivity index (χ1n) is 3.63. The van der Waals surface area contributed by atoms with Crippen molar-refractivity contribution in [1.29, 1.82) is 0 Å². The van der Waals surface area contributed by atoms with E-state index < -0.39 is 0 Å². The molecule has 60 valence electrons. The SMILES string of the molecule is Cc1cccc(Br)c1[C@H](C)N. The highest BCUT2D eigenvalue weighted by atomic mass is 79.9. The van der Waals surface area contributed by atoms with Gasteiger partial charge in [0.1, 0.15) is 0 Å². The third-order valence-corrected chi connectivity index (χ3v) is 2.42. The summed E-state index contributed by atoms with van der Waals surface area (Å²) in [7, 11) is 0. The van der Waals surface area contributed by atoms with E-state index in [1.165, 1.54) is 11.1 Å². The van der Waals surface area contributed by atoms with Crippen LogP contribution in [0.2, 0.25) is 0 Å². The lowest BCUT2D eigenvalue weighted by atomic mass is 10.0. The van der Waals surface area contributed by atoms with Crippen molar-refractivity contribution < 1.29 is 0 Å². The molecule has 0 fully saturated rings. The predicted molar refractivity (Wildman–Crippen MR) is 51.5 cm³/mol. The highest BCUT2D eigenvalue weighted by Gasteiger charge is 2.06. The Bertz CT molecular complexity index is 235. The van der Waals surface area contributed by atoms with Gasteiger partial charge in [0.2, 0.25) is 0 Å². The molecule has 2 heteroatoms. The molecule has 0 saturated carbocycles. The second-order valence-corrected chi connectivity index (χ2v) is 3.61. The molecule has 1 aromatic rings. The summed E-state index contributed by atoms with van der Waals surface area (Å²) in [4.78, 5) is 0. The average molecular weight is 214 g/mol. The summed E-state index contributed by atoms with van der Waals surface area (Å²) in [6, 6.07) is 6.21. The summed E-state index contributed by atoms with van der Waals surface area (Å²) in [6.07, 6.45) is 0. The smallest absolute Gasteiger partial charge is 0.0279 e. The number of hydrogen-bond acceptors (Lipinski definition) is 1. The largest absolute Gasteiger partial charge is 0.324 e. The molecule has 0 aliphatic rings. The van der Waals surface area contributed by atoms with E-state index in [0.29, 0.717) is 0 Å². The first kappa shape index (κ1) is 8.75. The molecule has 0 unspecified atom stereocenters. The van der Waals surface area contributed by atoms with Gasteiger partial charge in [0.15, 0.2) is 0 Å². The first-order valence-corrected chi connectivity index (χ1v) is 4.43. The normalized spacial score (nSPS) is 13.1. The van der Waals surface area contributed by atoms with Crippen LogP contribution in [0.25, 0.3) is 0 Å². The highest BCUT2D eigenvalue weighted by molar-refractivity contribution is 9.10. The van der Waals surface area contributed by atoms with Crippen molar-refractivity contribution in [3.8, 4) is 0 Å². The van der Waals surface area contributed by atoms with Crippen LogP contribution in [-0.4, -0.2) is 0 Å². The van der Waals surface area contributed by atoms with Crippen molar-refractivity contribution in [2.45, 2.75) is 19.9 Å². The van der Waals surface area contributed by atoms with E-state index in [2.05, 4.69) is 28.9 Å². The molecule has 0 saturated heterocycles. The molecule has 0 aliphatic heterocycles. The van der Waals surface area contributed by atoms with Crippen LogP contribution in [0.3, 0.4) is 0 Å². The second kappa shape index (κ2) is 3.37. The molecule has 0 aromatic heterocycles. The van der Waals surface area contributed by atoms with Gasteiger partial charge in [0.25, 0.3) is 0 Å². The van der Waals surface area contributed by atoms with Gasteiger partial charge in [-0.25, -0.2) is 0 Å². The van der Waals surface area contributed by atoms with Crippen LogP contribution in [0, 0.1) is 6.92 Å². The zero-order valence-electron chi connectivity index (χ0n) is 6.76. The Labute approximate surface area is 75.7 Å². The maximum atomic E-state index is 5.79. The van der Waals surface area contributed by atoms with E-state index in [4.69, 9.17) is 5.73 Å². The Kier molecular flexibility index (Phi) is 2.68. The molecular formula is C9H12BrN. The molecule has 11 heavy (non-hydrogen) atoms. The summed E-state index contributed by atoms with van der Waals surface area (Å²) < 4.78 is 1.10. The van der Waals surface area contributed by atoms with Crippen molar-refractivity contribution in [2.75, 3.05) is 0 Å². The highest BCUT2D eigenvalue weighted by Crippen LogP contribution is 2.24. The third-order valence-electron chi connectivity index (χ3n) is 1.73. The van der Waals surface area contributed by atoms with E-state index >= 15 is 0 Å². The maximum Gasteiger partial charge on any atom is 0.0279 e. The lowest BCUT2D eigenvalue weighted by Crippen LogP contribution is -2.07. The molecule has 0 amide bonds. The van der Waals surface area contributed by atoms with E-state index in [0.717, 1.165) is 4.47 Å². The van der Waals surface area contributed by atoms with Gasteiger partial charge in [-0.15, -0.1) is 0 Å². The van der Waals surface area contributed by atoms with Crippen molar-refractivity contribution in [3.05, 3.63) is 33.8 Å². The monoisotopic (exact) mass is 213 g/mol. The van der Waals surface area contributed by atoms with Crippen LogP contribution >= 0.6 is 15.9 Å². The summed E-state index contributed by atoms with van der Waals surface area (Å²) in [5, 5.41) is 0. The van der Waals surface area contributed by atoms with Crippen LogP contribution < -0.4 is 5.73 Å². The minimum atomic E-state index is 0.102. The molecule has 0 radical (unpaired) electrons. The van der Waals surface area contributed by atoms with E-state index in [1.807, 2.05) is 19.1 Å². The minimum absolute atomic E-state index is 0.102. The Morgan fingerprint density at radius 1 is 1.45 bits per heavy atom. The zero-order chi connectivity index (χ0) is 8.43. The topological polar surface area (TPSA) is 26.0 Å². The van der Waals surface area contributed by atoms with Crippen LogP contribution in [0.15, 0.2) is 22.7 Å². The predicted octanol–water partition coefficient (Wildman–Crippen LogP) is 2.78. The van der Waals surface area contributed by atoms with E-state index in [1.54, 1.807) is 0 Å². The lowest BCUT2D eigenvalue weighted by molar-refractivity contribution is 0.805. The van der Waals surface area contributed by atoms with Crippen LogP contribution in [0.4, 0.5) is 0 Å². The fourth-order valence-electron chi connectivity index (χ4n) is 1.22. The Hall–Kier alpha value is -0.340. The quantitative estimate of drug-likeness (QED) is 0.764. The van der Waals surface area contributed by atoms with Gasteiger partial charge >= 0.3 is 0 Å². The summed E-state index contributed by atoms with van der Waals surface area (Å²) in [6.45, 7) is 4.07. The number of halogens is 1. The van der Waals surface area contributed by atoms with Gasteiger partial charge in [-0.2, -0.15) is 0 Å². The molecule has 1 rings (SSSR count). The van der Waals surface area contributed by atoms with E-state index in [-0.39, 0.29) is 6.04 Å². The Balaban J connectivity index is 3.21. The maximum absolute atomic E-state index is 5.79. The van der Waals surface area contributed by atoms with Gasteiger partial charge in [0.05, 0.1) is 0 Å². The van der Waals surface area contributed by atoms with Gasteiger partial charge in [0, 0.05) is 10.5 Å². The fraction of sp³-hybridized carbons (Fsp3) is 0.333. The molecule has 1 nitrogen and oxygen atoms in total. The first-order chi connectivity index (χ1) is 5.13. The number of benzene rings is 1. The summed E-state index contributed by atoms with van der Waals surface area (Å²) in [5.74, 6) is 0. The molecule has 1 atom stereocenters.